The van der Waals surface area contributed by atoms with Crippen LogP contribution in [0.4, 0.5) is 0 Å². The summed E-state index contributed by atoms with van der Waals surface area (Å²) in [7, 11) is 1.70. The molecule has 2 aliphatic carbocycles. The van der Waals surface area contributed by atoms with E-state index in [1.165, 1.54) is 11.1 Å². The Labute approximate surface area is 124 Å². The summed E-state index contributed by atoms with van der Waals surface area (Å²) in [4.78, 5) is 0. The van der Waals surface area contributed by atoms with E-state index in [2.05, 4.69) is 11.4 Å². The molecule has 21 heavy (non-hydrogen) atoms. The van der Waals surface area contributed by atoms with Gasteiger partial charge in [0, 0.05) is 17.0 Å². The fourth-order valence-electron chi connectivity index (χ4n) is 5.59. The number of rotatable bonds is 1. The molecule has 4 nitrogen and oxygen atoms in total. The molecule has 2 aliphatic heterocycles. The largest absolute Gasteiger partial charge is 0.493 e. The second-order valence-corrected chi connectivity index (χ2v) is 6.98. The summed E-state index contributed by atoms with van der Waals surface area (Å²) < 4.78 is 11.8. The van der Waals surface area contributed by atoms with Crippen LogP contribution in [0.1, 0.15) is 30.4 Å². The van der Waals surface area contributed by atoms with Crippen molar-refractivity contribution >= 4 is 0 Å². The van der Waals surface area contributed by atoms with E-state index in [4.69, 9.17) is 9.47 Å². The topological polar surface area (TPSA) is 50.7 Å². The Morgan fingerprint density at radius 2 is 2.29 bits per heavy atom. The Morgan fingerprint density at radius 3 is 3.14 bits per heavy atom. The van der Waals surface area contributed by atoms with Crippen molar-refractivity contribution in [2.45, 2.75) is 49.3 Å². The molecule has 1 aromatic rings. The maximum Gasteiger partial charge on any atom is 0.165 e. The van der Waals surface area contributed by atoms with E-state index in [0.29, 0.717) is 12.0 Å². The van der Waals surface area contributed by atoms with E-state index in [9.17, 15) is 5.11 Å². The SMILES string of the molecule is COc1ccc2c3c1O[C@@H]1C(O)CC[C@H]4[C@H](C2)NCC[C@@]314. The van der Waals surface area contributed by atoms with Crippen LogP contribution in [-0.2, 0) is 11.8 Å². The van der Waals surface area contributed by atoms with Crippen LogP contribution in [0.5, 0.6) is 11.5 Å². The number of benzene rings is 1. The predicted octanol–water partition coefficient (Wildman–Crippen LogP) is 1.38. The fraction of sp³-hybridized carbons (Fsp3) is 0.647. The molecule has 1 saturated carbocycles. The van der Waals surface area contributed by atoms with Gasteiger partial charge in [-0.05, 0) is 49.8 Å². The van der Waals surface area contributed by atoms with Gasteiger partial charge >= 0.3 is 0 Å². The molecular weight excluding hydrogens is 266 g/mol. The molecule has 5 rings (SSSR count). The third kappa shape index (κ3) is 1.29. The lowest BCUT2D eigenvalue weighted by molar-refractivity contribution is -0.0761. The van der Waals surface area contributed by atoms with Crippen molar-refractivity contribution in [3.8, 4) is 11.5 Å². The van der Waals surface area contributed by atoms with E-state index in [0.717, 1.165) is 43.7 Å². The molecule has 0 radical (unpaired) electrons. The summed E-state index contributed by atoms with van der Waals surface area (Å²) in [6.07, 6.45) is 3.62. The first-order valence-corrected chi connectivity index (χ1v) is 8.04. The Kier molecular flexibility index (Phi) is 2.30. The maximum absolute atomic E-state index is 10.6. The first kappa shape index (κ1) is 12.3. The van der Waals surface area contributed by atoms with Crippen molar-refractivity contribution in [3.63, 3.8) is 0 Å². The molecule has 0 amide bonds. The maximum atomic E-state index is 10.6. The first-order chi connectivity index (χ1) is 10.3. The number of piperidine rings is 1. The van der Waals surface area contributed by atoms with Crippen LogP contribution < -0.4 is 14.8 Å². The minimum absolute atomic E-state index is 0.00500. The lowest BCUT2D eigenvalue weighted by Crippen LogP contribution is -2.66. The highest BCUT2D eigenvalue weighted by Crippen LogP contribution is 2.62. The number of hydrogen-bond acceptors (Lipinski definition) is 4. The van der Waals surface area contributed by atoms with E-state index in [1.807, 2.05) is 6.07 Å². The van der Waals surface area contributed by atoms with Crippen molar-refractivity contribution in [1.82, 2.24) is 5.32 Å². The second-order valence-electron chi connectivity index (χ2n) is 6.98. The third-order valence-electron chi connectivity index (χ3n) is 6.30. The van der Waals surface area contributed by atoms with Gasteiger partial charge in [0.05, 0.1) is 13.2 Å². The van der Waals surface area contributed by atoms with Gasteiger partial charge in [0.2, 0.25) is 0 Å². The van der Waals surface area contributed by atoms with Crippen LogP contribution in [0.15, 0.2) is 12.1 Å². The summed E-state index contributed by atoms with van der Waals surface area (Å²) in [5.41, 5.74) is 2.74. The summed E-state index contributed by atoms with van der Waals surface area (Å²) in [6.45, 7) is 1.02. The van der Waals surface area contributed by atoms with Crippen molar-refractivity contribution in [1.29, 1.82) is 0 Å². The molecule has 1 spiro atoms. The molecule has 2 N–H and O–H groups in total. The molecule has 112 valence electrons. The monoisotopic (exact) mass is 287 g/mol. The second kappa shape index (κ2) is 3.93. The standard InChI is InChI=1S/C17H21NO3/c1-20-13-5-2-9-8-11-10-3-4-12(19)16-17(10,6-7-18-11)14(9)15(13)21-16/h2,5,10-12,16,18-19H,3-4,6-8H2,1H3/t10-,11-,12?,16+,17+/m0/s1. The fourth-order valence-corrected chi connectivity index (χ4v) is 5.59. The quantitative estimate of drug-likeness (QED) is 0.819. The molecule has 1 saturated heterocycles. The number of methoxy groups -OCH3 is 1. The van der Waals surface area contributed by atoms with Gasteiger partial charge in [0.15, 0.2) is 11.5 Å². The lowest BCUT2D eigenvalue weighted by atomic mass is 9.52. The van der Waals surface area contributed by atoms with Crippen LogP contribution in [0.25, 0.3) is 0 Å². The molecule has 2 fully saturated rings. The van der Waals surface area contributed by atoms with Crippen LogP contribution in [-0.4, -0.2) is 37.0 Å². The van der Waals surface area contributed by atoms with Gasteiger partial charge in [-0.1, -0.05) is 6.07 Å². The molecule has 2 heterocycles. The average Bonchev–Trinajstić information content (AvgIpc) is 2.83. The number of aliphatic hydroxyl groups excluding tert-OH is 1. The highest BCUT2D eigenvalue weighted by molar-refractivity contribution is 5.61. The average molecular weight is 287 g/mol. The Morgan fingerprint density at radius 1 is 1.38 bits per heavy atom. The minimum Gasteiger partial charge on any atom is -0.493 e. The smallest absolute Gasteiger partial charge is 0.165 e. The zero-order valence-corrected chi connectivity index (χ0v) is 12.3. The van der Waals surface area contributed by atoms with Crippen LogP contribution in [0.2, 0.25) is 0 Å². The van der Waals surface area contributed by atoms with Gasteiger partial charge in [0.25, 0.3) is 0 Å². The highest BCUT2D eigenvalue weighted by atomic mass is 16.5. The van der Waals surface area contributed by atoms with Gasteiger partial charge < -0.3 is 19.9 Å². The van der Waals surface area contributed by atoms with E-state index in [1.54, 1.807) is 7.11 Å². The number of nitrogens with one attached hydrogen (secondary N) is 1. The predicted molar refractivity (Wildman–Crippen MR) is 77.9 cm³/mol. The number of hydrogen-bond donors (Lipinski definition) is 2. The third-order valence-corrected chi connectivity index (χ3v) is 6.30. The van der Waals surface area contributed by atoms with Gasteiger partial charge in [-0.15, -0.1) is 0 Å². The molecule has 4 heteroatoms. The summed E-state index contributed by atoms with van der Waals surface area (Å²) in [6, 6.07) is 4.75. The van der Waals surface area contributed by atoms with Crippen molar-refractivity contribution in [2.75, 3.05) is 13.7 Å². The van der Waals surface area contributed by atoms with E-state index >= 15 is 0 Å². The molecule has 1 aromatic carbocycles. The summed E-state index contributed by atoms with van der Waals surface area (Å²) >= 11 is 0. The molecule has 2 bridgehead atoms. The molecule has 1 unspecified atom stereocenters. The number of aliphatic hydroxyl groups is 1. The van der Waals surface area contributed by atoms with Gasteiger partial charge in [-0.3, -0.25) is 0 Å². The van der Waals surface area contributed by atoms with Gasteiger partial charge in [0.1, 0.15) is 6.10 Å². The normalized spacial score (nSPS) is 42.2. The van der Waals surface area contributed by atoms with Crippen LogP contribution in [0.3, 0.4) is 0 Å². The van der Waals surface area contributed by atoms with Crippen LogP contribution >= 0.6 is 0 Å². The van der Waals surface area contributed by atoms with Crippen molar-refractivity contribution in [3.05, 3.63) is 23.3 Å². The number of ether oxygens (including phenoxy) is 2. The molecule has 5 atom stereocenters. The molecular formula is C17H21NO3. The Bertz CT molecular complexity index is 616. The van der Waals surface area contributed by atoms with E-state index < -0.39 is 0 Å². The van der Waals surface area contributed by atoms with Crippen molar-refractivity contribution in [2.24, 2.45) is 5.92 Å². The molecule has 4 aliphatic rings. The Hall–Kier alpha value is -1.26. The zero-order valence-electron chi connectivity index (χ0n) is 12.3. The van der Waals surface area contributed by atoms with Gasteiger partial charge in [-0.25, -0.2) is 0 Å². The summed E-state index contributed by atoms with van der Waals surface area (Å²) in [5.74, 6) is 2.31. The summed E-state index contributed by atoms with van der Waals surface area (Å²) in [5, 5.41) is 14.3. The minimum atomic E-state index is -0.358. The molecule has 0 aromatic heterocycles. The van der Waals surface area contributed by atoms with Crippen molar-refractivity contribution < 1.29 is 14.6 Å². The first-order valence-electron chi connectivity index (χ1n) is 8.04. The highest BCUT2D eigenvalue weighted by Gasteiger charge is 2.64. The lowest BCUT2D eigenvalue weighted by Gasteiger charge is -2.56. The van der Waals surface area contributed by atoms with Gasteiger partial charge in [-0.2, -0.15) is 0 Å². The zero-order chi connectivity index (χ0) is 14.2. The van der Waals surface area contributed by atoms with Crippen LogP contribution in [0, 0.1) is 5.92 Å². The van der Waals surface area contributed by atoms with E-state index in [-0.39, 0.29) is 17.6 Å². The Balaban J connectivity index is 1.81.